The Balaban J connectivity index is 1.87. The number of rotatable bonds is 3. The fourth-order valence-corrected chi connectivity index (χ4v) is 3.77. The average molecular weight is 308 g/mol. The van der Waals surface area contributed by atoms with Gasteiger partial charge in [0.1, 0.15) is 11.4 Å². The molecule has 1 saturated heterocycles. The van der Waals surface area contributed by atoms with Gasteiger partial charge < -0.3 is 9.64 Å². The molecule has 4 rings (SSSR count). The summed E-state index contributed by atoms with van der Waals surface area (Å²) >= 11 is 0. The van der Waals surface area contributed by atoms with E-state index >= 15 is 0 Å². The molecule has 2 aromatic carbocycles. The Morgan fingerprint density at radius 1 is 1.17 bits per heavy atom. The molecule has 0 aliphatic carbocycles. The van der Waals surface area contributed by atoms with E-state index in [0.717, 1.165) is 42.0 Å². The molecule has 1 N–H and O–H groups in total. The van der Waals surface area contributed by atoms with Gasteiger partial charge in [0, 0.05) is 17.7 Å². The summed E-state index contributed by atoms with van der Waals surface area (Å²) in [5.41, 5.74) is 2.39. The second-order valence-corrected chi connectivity index (χ2v) is 5.95. The molecule has 0 saturated carbocycles. The summed E-state index contributed by atoms with van der Waals surface area (Å²) in [7, 11) is 0. The van der Waals surface area contributed by atoms with Crippen LogP contribution >= 0.6 is 0 Å². The number of carbonyl (C=O) groups excluding carboxylic acids is 1. The van der Waals surface area contributed by atoms with Crippen molar-refractivity contribution in [2.75, 3.05) is 19.7 Å². The maximum absolute atomic E-state index is 12.8. The minimum atomic E-state index is -0.545. The van der Waals surface area contributed by atoms with Gasteiger partial charge in [0.15, 0.2) is 0 Å². The third kappa shape index (κ3) is 1.98. The summed E-state index contributed by atoms with van der Waals surface area (Å²) in [5, 5.41) is 3.61. The van der Waals surface area contributed by atoms with Crippen molar-refractivity contribution in [3.05, 3.63) is 65.2 Å². The highest BCUT2D eigenvalue weighted by atomic mass is 16.5. The molecule has 23 heavy (non-hydrogen) atoms. The van der Waals surface area contributed by atoms with Crippen LogP contribution in [0.4, 0.5) is 0 Å². The van der Waals surface area contributed by atoms with E-state index in [4.69, 9.17) is 4.74 Å². The zero-order valence-corrected chi connectivity index (χ0v) is 13.2. The van der Waals surface area contributed by atoms with Gasteiger partial charge in [-0.3, -0.25) is 10.1 Å². The van der Waals surface area contributed by atoms with Crippen LogP contribution in [-0.2, 0) is 5.66 Å². The lowest BCUT2D eigenvalue weighted by molar-refractivity contribution is 0.0457. The van der Waals surface area contributed by atoms with Crippen molar-refractivity contribution < 1.29 is 9.53 Å². The lowest BCUT2D eigenvalue weighted by Gasteiger charge is -2.44. The first-order valence-electron chi connectivity index (χ1n) is 8.17. The van der Waals surface area contributed by atoms with Crippen LogP contribution in [0.3, 0.4) is 0 Å². The number of nitrogens with one attached hydrogen (secondary N) is 1. The summed E-state index contributed by atoms with van der Waals surface area (Å²) in [4.78, 5) is 14.8. The van der Waals surface area contributed by atoms with Crippen molar-refractivity contribution in [2.24, 2.45) is 0 Å². The Labute approximate surface area is 136 Å². The standard InChI is InChI=1S/C19H20N2O2/c1-2-23-15-10-8-14(9-11-15)19-17-7-4-3-6-16(17)18(22)21(19)13-5-12-20-19/h3-4,6-11,20H,2,5,12-13H2,1H3/t19-/m1/s1. The fraction of sp³-hybridized carbons (Fsp3) is 0.316. The number of amides is 1. The van der Waals surface area contributed by atoms with Gasteiger partial charge in [-0.05, 0) is 43.7 Å². The van der Waals surface area contributed by atoms with Gasteiger partial charge in [0.2, 0.25) is 0 Å². The van der Waals surface area contributed by atoms with Crippen molar-refractivity contribution in [1.29, 1.82) is 0 Å². The molecule has 0 bridgehead atoms. The molecule has 4 nitrogen and oxygen atoms in total. The minimum absolute atomic E-state index is 0.113. The van der Waals surface area contributed by atoms with Crippen LogP contribution in [0.5, 0.6) is 5.75 Å². The smallest absolute Gasteiger partial charge is 0.256 e. The number of hydrogen-bond donors (Lipinski definition) is 1. The van der Waals surface area contributed by atoms with Gasteiger partial charge in [-0.15, -0.1) is 0 Å². The Kier molecular flexibility index (Phi) is 3.34. The highest BCUT2D eigenvalue weighted by Crippen LogP contribution is 2.43. The first kappa shape index (κ1) is 14.3. The highest BCUT2D eigenvalue weighted by Gasteiger charge is 2.51. The molecule has 0 radical (unpaired) electrons. The zero-order chi connectivity index (χ0) is 15.9. The molecule has 0 unspecified atom stereocenters. The van der Waals surface area contributed by atoms with Crippen molar-refractivity contribution >= 4 is 5.91 Å². The monoisotopic (exact) mass is 308 g/mol. The maximum Gasteiger partial charge on any atom is 0.256 e. The molecular formula is C19H20N2O2. The van der Waals surface area contributed by atoms with Crippen molar-refractivity contribution in [2.45, 2.75) is 19.0 Å². The first-order chi connectivity index (χ1) is 11.3. The van der Waals surface area contributed by atoms with Gasteiger partial charge in [-0.2, -0.15) is 0 Å². The summed E-state index contributed by atoms with van der Waals surface area (Å²) in [6, 6.07) is 16.0. The van der Waals surface area contributed by atoms with Crippen LogP contribution in [0, 0.1) is 0 Å². The number of hydrogen-bond acceptors (Lipinski definition) is 3. The number of carbonyl (C=O) groups is 1. The fourth-order valence-electron chi connectivity index (χ4n) is 3.77. The predicted molar refractivity (Wildman–Crippen MR) is 88.5 cm³/mol. The van der Waals surface area contributed by atoms with E-state index in [2.05, 4.69) is 23.5 Å². The van der Waals surface area contributed by atoms with Crippen LogP contribution in [0.15, 0.2) is 48.5 Å². The SMILES string of the molecule is CCOc1ccc([C@@]23NCCCN2C(=O)c2ccccc23)cc1. The highest BCUT2D eigenvalue weighted by molar-refractivity contribution is 6.00. The quantitative estimate of drug-likeness (QED) is 0.948. The number of benzene rings is 2. The maximum atomic E-state index is 12.8. The molecule has 0 spiro atoms. The Morgan fingerprint density at radius 2 is 1.96 bits per heavy atom. The van der Waals surface area contributed by atoms with E-state index in [1.54, 1.807) is 0 Å². The van der Waals surface area contributed by atoms with Gasteiger partial charge in [0.25, 0.3) is 5.91 Å². The number of fused-ring (bicyclic) bond motifs is 3. The predicted octanol–water partition coefficient (Wildman–Crippen LogP) is 2.74. The Hall–Kier alpha value is -2.33. The van der Waals surface area contributed by atoms with Crippen LogP contribution < -0.4 is 10.1 Å². The van der Waals surface area contributed by atoms with Crippen LogP contribution in [0.2, 0.25) is 0 Å². The lowest BCUT2D eigenvalue weighted by atomic mass is 9.89. The van der Waals surface area contributed by atoms with E-state index in [-0.39, 0.29) is 5.91 Å². The zero-order valence-electron chi connectivity index (χ0n) is 13.2. The molecule has 0 aromatic heterocycles. The van der Waals surface area contributed by atoms with Crippen molar-refractivity contribution in [3.8, 4) is 5.75 Å². The van der Waals surface area contributed by atoms with Gasteiger partial charge in [-0.25, -0.2) is 0 Å². The normalized spacial score (nSPS) is 22.7. The van der Waals surface area contributed by atoms with E-state index < -0.39 is 5.66 Å². The Bertz CT molecular complexity index is 741. The largest absolute Gasteiger partial charge is 0.494 e. The first-order valence-corrected chi connectivity index (χ1v) is 8.17. The van der Waals surface area contributed by atoms with Crippen molar-refractivity contribution in [1.82, 2.24) is 10.2 Å². The minimum Gasteiger partial charge on any atom is -0.494 e. The molecule has 2 aliphatic heterocycles. The van der Waals surface area contributed by atoms with E-state index in [9.17, 15) is 4.79 Å². The average Bonchev–Trinajstić information content (AvgIpc) is 2.87. The molecule has 4 heteroatoms. The van der Waals surface area contributed by atoms with E-state index in [1.165, 1.54) is 0 Å². The lowest BCUT2D eigenvalue weighted by Crippen LogP contribution is -2.59. The van der Waals surface area contributed by atoms with Crippen molar-refractivity contribution in [3.63, 3.8) is 0 Å². The Morgan fingerprint density at radius 3 is 2.74 bits per heavy atom. The number of ether oxygens (including phenoxy) is 1. The van der Waals surface area contributed by atoms with Crippen LogP contribution in [-0.4, -0.2) is 30.5 Å². The van der Waals surface area contributed by atoms with Gasteiger partial charge in [-0.1, -0.05) is 30.3 Å². The summed E-state index contributed by atoms with van der Waals surface area (Å²) < 4.78 is 5.55. The van der Waals surface area contributed by atoms with Crippen LogP contribution in [0.1, 0.15) is 34.8 Å². The molecular weight excluding hydrogens is 288 g/mol. The van der Waals surface area contributed by atoms with Crippen LogP contribution in [0.25, 0.3) is 0 Å². The molecule has 118 valence electrons. The second-order valence-electron chi connectivity index (χ2n) is 5.95. The third-order valence-corrected chi connectivity index (χ3v) is 4.72. The molecule has 2 aromatic rings. The summed E-state index contributed by atoms with van der Waals surface area (Å²) in [6.07, 6.45) is 0.971. The third-order valence-electron chi connectivity index (χ3n) is 4.72. The topological polar surface area (TPSA) is 41.6 Å². The summed E-state index contributed by atoms with van der Waals surface area (Å²) in [5.74, 6) is 0.967. The molecule has 1 amide bonds. The molecule has 1 fully saturated rings. The molecule has 2 heterocycles. The molecule has 2 aliphatic rings. The summed E-state index contributed by atoms with van der Waals surface area (Å²) in [6.45, 7) is 4.29. The molecule has 1 atom stereocenters. The van der Waals surface area contributed by atoms with E-state index in [0.29, 0.717) is 6.61 Å². The second kappa shape index (κ2) is 5.39. The number of nitrogens with zero attached hydrogens (tertiary/aromatic N) is 1. The van der Waals surface area contributed by atoms with Gasteiger partial charge >= 0.3 is 0 Å². The van der Waals surface area contributed by atoms with E-state index in [1.807, 2.05) is 42.2 Å². The van der Waals surface area contributed by atoms with Gasteiger partial charge in [0.05, 0.1) is 6.61 Å².